The van der Waals surface area contributed by atoms with Gasteiger partial charge in [-0.1, -0.05) is 34.6 Å². The number of alkyl halides is 3. The van der Waals surface area contributed by atoms with Crippen LogP contribution in [0.1, 0.15) is 61.8 Å². The second kappa shape index (κ2) is 5.57. The van der Waals surface area contributed by atoms with Crippen LogP contribution in [0.15, 0.2) is 0 Å². The molecule has 0 heterocycles. The number of ether oxygens (including phenoxy) is 1. The molecule has 0 aromatic rings. The van der Waals surface area contributed by atoms with Crippen molar-refractivity contribution in [2.24, 2.45) is 16.7 Å². The molecule has 0 spiro atoms. The minimum atomic E-state index is -4.64. The Labute approximate surface area is 120 Å². The van der Waals surface area contributed by atoms with E-state index in [1.165, 1.54) is 13.8 Å². The largest absolute Gasteiger partial charge is 0.459 e. The highest BCUT2D eigenvalue weighted by molar-refractivity contribution is 5.78. The quantitative estimate of drug-likeness (QED) is 0.687. The van der Waals surface area contributed by atoms with Gasteiger partial charge in [0.25, 0.3) is 0 Å². The van der Waals surface area contributed by atoms with Crippen molar-refractivity contribution in [2.75, 3.05) is 0 Å². The molecule has 120 valence electrons. The second-order valence-corrected chi connectivity index (χ2v) is 7.86. The molecule has 0 saturated carbocycles. The fraction of sp³-hybridized carbons (Fsp3) is 0.933. The van der Waals surface area contributed by atoms with Crippen LogP contribution < -0.4 is 0 Å². The lowest BCUT2D eigenvalue weighted by Gasteiger charge is -2.42. The van der Waals surface area contributed by atoms with Crippen LogP contribution in [0.4, 0.5) is 13.2 Å². The van der Waals surface area contributed by atoms with E-state index < -0.39 is 34.5 Å². The third-order valence-electron chi connectivity index (χ3n) is 3.06. The monoisotopic (exact) mass is 296 g/mol. The van der Waals surface area contributed by atoms with Crippen LogP contribution in [0.5, 0.6) is 0 Å². The Bertz CT molecular complexity index is 346. The van der Waals surface area contributed by atoms with E-state index in [1.54, 1.807) is 41.5 Å². The van der Waals surface area contributed by atoms with Gasteiger partial charge in [0, 0.05) is 0 Å². The molecular formula is C15H27F3O2. The van der Waals surface area contributed by atoms with Crippen molar-refractivity contribution in [2.45, 2.75) is 73.6 Å². The number of hydrogen-bond acceptors (Lipinski definition) is 2. The topological polar surface area (TPSA) is 26.3 Å². The third kappa shape index (κ3) is 4.67. The fourth-order valence-electron chi connectivity index (χ4n) is 2.26. The fourth-order valence-corrected chi connectivity index (χ4v) is 2.26. The van der Waals surface area contributed by atoms with E-state index in [0.717, 1.165) is 0 Å². The Hall–Kier alpha value is -0.740. The summed E-state index contributed by atoms with van der Waals surface area (Å²) in [5.74, 6) is -2.07. The second-order valence-electron chi connectivity index (χ2n) is 7.86. The van der Waals surface area contributed by atoms with Crippen LogP contribution in [0.2, 0.25) is 0 Å². The predicted molar refractivity (Wildman–Crippen MR) is 73.2 cm³/mol. The van der Waals surface area contributed by atoms with E-state index in [2.05, 4.69) is 0 Å². The number of carbonyl (C=O) groups is 1. The first-order chi connectivity index (χ1) is 8.53. The molecular weight excluding hydrogens is 269 g/mol. The Balaban J connectivity index is 5.84. The van der Waals surface area contributed by atoms with Crippen LogP contribution in [0, 0.1) is 16.7 Å². The number of halogens is 3. The average Bonchev–Trinajstić information content (AvgIpc) is 2.06. The first-order valence-electron chi connectivity index (χ1n) is 6.83. The van der Waals surface area contributed by atoms with E-state index in [0.29, 0.717) is 0 Å². The van der Waals surface area contributed by atoms with Crippen molar-refractivity contribution in [3.63, 3.8) is 0 Å². The lowest BCUT2D eigenvalue weighted by Crippen LogP contribution is -2.53. The minimum absolute atomic E-state index is 0.296. The van der Waals surface area contributed by atoms with Crippen molar-refractivity contribution in [1.82, 2.24) is 0 Å². The summed E-state index contributed by atoms with van der Waals surface area (Å²) in [7, 11) is 0. The summed E-state index contributed by atoms with van der Waals surface area (Å²) >= 11 is 0. The van der Waals surface area contributed by atoms with Gasteiger partial charge in [0.1, 0.15) is 5.60 Å². The predicted octanol–water partition coefficient (Wildman–Crippen LogP) is 4.97. The molecule has 1 atom stereocenters. The van der Waals surface area contributed by atoms with Gasteiger partial charge in [0.15, 0.2) is 5.41 Å². The summed E-state index contributed by atoms with van der Waals surface area (Å²) in [4.78, 5) is 12.3. The van der Waals surface area contributed by atoms with E-state index in [9.17, 15) is 18.0 Å². The Morgan fingerprint density at radius 3 is 1.60 bits per heavy atom. The highest BCUT2D eigenvalue weighted by Gasteiger charge is 2.64. The number of hydrogen-bond donors (Lipinski definition) is 0. The average molecular weight is 296 g/mol. The zero-order chi connectivity index (χ0) is 16.6. The Morgan fingerprint density at radius 2 is 1.40 bits per heavy atom. The van der Waals surface area contributed by atoms with Crippen LogP contribution in [0.25, 0.3) is 0 Å². The molecule has 0 N–H and O–H groups in total. The third-order valence-corrected chi connectivity index (χ3v) is 3.06. The van der Waals surface area contributed by atoms with Crippen molar-refractivity contribution in [3.8, 4) is 0 Å². The number of esters is 1. The molecule has 0 aromatic heterocycles. The number of rotatable bonds is 3. The van der Waals surface area contributed by atoms with Crippen LogP contribution in [0.3, 0.4) is 0 Å². The van der Waals surface area contributed by atoms with Crippen molar-refractivity contribution >= 4 is 5.97 Å². The van der Waals surface area contributed by atoms with Crippen LogP contribution in [-0.4, -0.2) is 17.7 Å². The molecule has 0 aliphatic heterocycles. The lowest BCUT2D eigenvalue weighted by molar-refractivity contribution is -0.258. The molecule has 20 heavy (non-hydrogen) atoms. The molecule has 0 aliphatic carbocycles. The van der Waals surface area contributed by atoms with Gasteiger partial charge in [-0.15, -0.1) is 0 Å². The summed E-state index contributed by atoms with van der Waals surface area (Å²) in [5.41, 5.74) is -4.06. The zero-order valence-corrected chi connectivity index (χ0v) is 13.7. The maximum Gasteiger partial charge on any atom is 0.405 e. The van der Waals surface area contributed by atoms with Gasteiger partial charge < -0.3 is 4.74 Å². The SMILES string of the molecule is CC(C)C(CC(C)(C)C)(C(=O)OC(C)(C)C)C(F)(F)F. The molecule has 0 saturated heterocycles. The Kier molecular flexibility index (Phi) is 5.36. The van der Waals surface area contributed by atoms with Gasteiger partial charge in [-0.2, -0.15) is 13.2 Å². The summed E-state index contributed by atoms with van der Waals surface area (Å²) in [6.07, 6.45) is -4.94. The first-order valence-corrected chi connectivity index (χ1v) is 6.83. The molecule has 0 radical (unpaired) electrons. The van der Waals surface area contributed by atoms with Gasteiger partial charge in [0.2, 0.25) is 0 Å². The Morgan fingerprint density at radius 1 is 1.00 bits per heavy atom. The normalized spacial score (nSPS) is 17.0. The first kappa shape index (κ1) is 19.3. The van der Waals surface area contributed by atoms with E-state index >= 15 is 0 Å². The molecule has 0 fully saturated rings. The summed E-state index contributed by atoms with van der Waals surface area (Å²) in [6, 6.07) is 0. The molecule has 0 aromatic carbocycles. The van der Waals surface area contributed by atoms with Gasteiger partial charge in [-0.25, -0.2) is 0 Å². The number of carbonyl (C=O) groups excluding carboxylic acids is 1. The summed E-state index contributed by atoms with van der Waals surface area (Å²) in [5, 5.41) is 0. The van der Waals surface area contributed by atoms with Crippen molar-refractivity contribution < 1.29 is 22.7 Å². The zero-order valence-electron chi connectivity index (χ0n) is 13.7. The molecule has 1 unspecified atom stereocenters. The lowest BCUT2D eigenvalue weighted by atomic mass is 9.66. The summed E-state index contributed by atoms with van der Waals surface area (Å²) in [6.45, 7) is 12.6. The van der Waals surface area contributed by atoms with Crippen molar-refractivity contribution in [3.05, 3.63) is 0 Å². The molecule has 5 heteroatoms. The van der Waals surface area contributed by atoms with E-state index in [-0.39, 0.29) is 6.42 Å². The highest BCUT2D eigenvalue weighted by atomic mass is 19.4. The van der Waals surface area contributed by atoms with E-state index in [4.69, 9.17) is 4.74 Å². The summed E-state index contributed by atoms with van der Waals surface area (Å²) < 4.78 is 46.1. The van der Waals surface area contributed by atoms with Gasteiger partial charge in [0.05, 0.1) is 0 Å². The standard InChI is InChI=1S/C15H27F3O2/c1-10(2)14(15(16,17)18,9-12(3,4)5)11(19)20-13(6,7)8/h10H,9H2,1-8H3. The molecule has 0 rings (SSSR count). The van der Waals surface area contributed by atoms with Crippen LogP contribution >= 0.6 is 0 Å². The molecule has 0 aliphatic rings. The molecule has 0 bridgehead atoms. The smallest absolute Gasteiger partial charge is 0.405 e. The molecule has 0 amide bonds. The highest BCUT2D eigenvalue weighted by Crippen LogP contribution is 2.52. The minimum Gasteiger partial charge on any atom is -0.459 e. The maximum atomic E-state index is 13.7. The van der Waals surface area contributed by atoms with Crippen LogP contribution in [-0.2, 0) is 9.53 Å². The van der Waals surface area contributed by atoms with Gasteiger partial charge in [-0.05, 0) is 38.5 Å². The van der Waals surface area contributed by atoms with Gasteiger partial charge in [-0.3, -0.25) is 4.79 Å². The van der Waals surface area contributed by atoms with Crippen molar-refractivity contribution in [1.29, 1.82) is 0 Å². The molecule has 2 nitrogen and oxygen atoms in total. The van der Waals surface area contributed by atoms with E-state index in [1.807, 2.05) is 0 Å². The maximum absolute atomic E-state index is 13.7. The van der Waals surface area contributed by atoms with Gasteiger partial charge >= 0.3 is 12.1 Å².